The van der Waals surface area contributed by atoms with E-state index in [4.69, 9.17) is 14.7 Å². The molecule has 1 aromatic carbocycles. The summed E-state index contributed by atoms with van der Waals surface area (Å²) in [6.45, 7) is 0.145. The third-order valence-corrected chi connectivity index (χ3v) is 4.76. The zero-order valence-corrected chi connectivity index (χ0v) is 11.5. The van der Waals surface area contributed by atoms with Gasteiger partial charge in [0, 0.05) is 14.1 Å². The van der Waals surface area contributed by atoms with Crippen LogP contribution in [0.15, 0.2) is 18.2 Å². The predicted octanol–water partition coefficient (Wildman–Crippen LogP) is 0.327. The number of nitrogens with one attached hydrogen (secondary N) is 1. The van der Waals surface area contributed by atoms with Crippen molar-refractivity contribution in [3.63, 3.8) is 0 Å². The van der Waals surface area contributed by atoms with E-state index in [1.54, 1.807) is 18.2 Å². The fourth-order valence-corrected chi connectivity index (χ4v) is 2.68. The molecule has 0 amide bonds. The molecule has 1 aromatic rings. The maximum atomic E-state index is 11.8. The number of fused-ring (bicyclic) bond motifs is 1. The van der Waals surface area contributed by atoms with E-state index in [9.17, 15) is 8.42 Å². The molecule has 1 aliphatic heterocycles. The van der Waals surface area contributed by atoms with Crippen LogP contribution in [0.3, 0.4) is 0 Å². The molecule has 0 saturated heterocycles. The maximum absolute atomic E-state index is 11.8. The van der Waals surface area contributed by atoms with Crippen LogP contribution in [0.25, 0.3) is 0 Å². The largest absolute Gasteiger partial charge is 0.454 e. The molecule has 0 bridgehead atoms. The van der Waals surface area contributed by atoms with E-state index in [1.165, 1.54) is 14.1 Å². The van der Waals surface area contributed by atoms with E-state index in [-0.39, 0.29) is 12.5 Å². The Labute approximate surface area is 111 Å². The summed E-state index contributed by atoms with van der Waals surface area (Å²) in [7, 11) is -0.537. The summed E-state index contributed by atoms with van der Waals surface area (Å²) in [5.74, 6) is 0.895. The summed E-state index contributed by atoms with van der Waals surface area (Å²) >= 11 is 0. The van der Waals surface area contributed by atoms with Gasteiger partial charge in [-0.25, -0.2) is 12.7 Å². The molecular weight excluding hydrogens is 272 g/mol. The van der Waals surface area contributed by atoms with Gasteiger partial charge in [-0.1, -0.05) is 6.07 Å². The fourth-order valence-electron chi connectivity index (χ4n) is 1.70. The van der Waals surface area contributed by atoms with Gasteiger partial charge >= 0.3 is 0 Å². The standard InChI is InChI=1S/C11H16N2O5S/c1-13(2)19(15,16)6-9(12-14)8-3-4-10-11(5-8)18-7-17-10/h3-5,9,12,14H,6-7H2,1-2H3. The molecule has 0 radical (unpaired) electrons. The lowest BCUT2D eigenvalue weighted by molar-refractivity contribution is 0.134. The fraction of sp³-hybridized carbons (Fsp3) is 0.455. The van der Waals surface area contributed by atoms with Gasteiger partial charge in [-0.2, -0.15) is 5.48 Å². The summed E-state index contributed by atoms with van der Waals surface area (Å²) in [5.41, 5.74) is 2.63. The lowest BCUT2D eigenvalue weighted by atomic mass is 10.1. The molecule has 0 fully saturated rings. The topological polar surface area (TPSA) is 88.1 Å². The van der Waals surface area contributed by atoms with E-state index >= 15 is 0 Å². The van der Waals surface area contributed by atoms with Crippen LogP contribution in [-0.4, -0.2) is 44.6 Å². The zero-order chi connectivity index (χ0) is 14.0. The first-order valence-electron chi connectivity index (χ1n) is 5.63. The average molecular weight is 288 g/mol. The van der Waals surface area contributed by atoms with E-state index in [0.29, 0.717) is 17.1 Å². The van der Waals surface area contributed by atoms with Gasteiger partial charge in [0.2, 0.25) is 16.8 Å². The van der Waals surface area contributed by atoms with Crippen LogP contribution < -0.4 is 15.0 Å². The van der Waals surface area contributed by atoms with E-state index in [1.807, 2.05) is 5.48 Å². The normalized spacial score (nSPS) is 15.8. The summed E-state index contributed by atoms with van der Waals surface area (Å²) in [4.78, 5) is 0. The van der Waals surface area contributed by atoms with Crippen molar-refractivity contribution in [2.45, 2.75) is 6.04 Å². The summed E-state index contributed by atoms with van der Waals surface area (Å²) in [6, 6.07) is 4.29. The number of hydroxylamine groups is 1. The molecular formula is C11H16N2O5S. The molecule has 2 rings (SSSR count). The number of nitrogens with zero attached hydrogens (tertiary/aromatic N) is 1. The lowest BCUT2D eigenvalue weighted by Crippen LogP contribution is -2.32. The van der Waals surface area contributed by atoms with Crippen LogP contribution in [0.1, 0.15) is 11.6 Å². The minimum Gasteiger partial charge on any atom is -0.454 e. The highest BCUT2D eigenvalue weighted by Gasteiger charge is 2.24. The Bertz CT molecular complexity index is 558. The van der Waals surface area contributed by atoms with Gasteiger partial charge < -0.3 is 14.7 Å². The van der Waals surface area contributed by atoms with Crippen LogP contribution in [0, 0.1) is 0 Å². The molecule has 19 heavy (non-hydrogen) atoms. The minimum absolute atomic E-state index is 0.145. The molecule has 1 atom stereocenters. The highest BCUT2D eigenvalue weighted by atomic mass is 32.2. The first-order valence-corrected chi connectivity index (χ1v) is 7.24. The van der Waals surface area contributed by atoms with Gasteiger partial charge in [-0.3, -0.25) is 0 Å². The van der Waals surface area contributed by atoms with Crippen molar-refractivity contribution >= 4 is 10.0 Å². The zero-order valence-electron chi connectivity index (χ0n) is 10.7. The Morgan fingerprint density at radius 1 is 1.37 bits per heavy atom. The number of sulfonamides is 1. The minimum atomic E-state index is -3.43. The van der Waals surface area contributed by atoms with Gasteiger partial charge in [0.15, 0.2) is 11.5 Å². The van der Waals surface area contributed by atoms with Gasteiger partial charge in [-0.05, 0) is 17.7 Å². The van der Waals surface area contributed by atoms with Crippen molar-refractivity contribution in [3.8, 4) is 11.5 Å². The summed E-state index contributed by atoms with van der Waals surface area (Å²) < 4.78 is 35.2. The number of ether oxygens (including phenoxy) is 2. The van der Waals surface area contributed by atoms with E-state index < -0.39 is 16.1 Å². The summed E-state index contributed by atoms with van der Waals surface area (Å²) in [5, 5.41) is 9.17. The summed E-state index contributed by atoms with van der Waals surface area (Å²) in [6.07, 6.45) is 0. The van der Waals surface area contributed by atoms with Crippen molar-refractivity contribution in [2.24, 2.45) is 0 Å². The Morgan fingerprint density at radius 3 is 2.68 bits per heavy atom. The molecule has 7 nitrogen and oxygen atoms in total. The first kappa shape index (κ1) is 14.1. The number of benzene rings is 1. The SMILES string of the molecule is CN(C)S(=O)(=O)CC(NO)c1ccc2c(c1)OCO2. The lowest BCUT2D eigenvalue weighted by Gasteiger charge is -2.18. The molecule has 1 heterocycles. The second-order valence-electron chi connectivity index (χ2n) is 4.36. The van der Waals surface area contributed by atoms with E-state index in [2.05, 4.69) is 0 Å². The third kappa shape index (κ3) is 2.98. The van der Waals surface area contributed by atoms with Crippen molar-refractivity contribution < 1.29 is 23.1 Å². The molecule has 1 unspecified atom stereocenters. The maximum Gasteiger partial charge on any atom is 0.231 e. The Morgan fingerprint density at radius 2 is 2.05 bits per heavy atom. The van der Waals surface area contributed by atoms with E-state index in [0.717, 1.165) is 4.31 Å². The van der Waals surface area contributed by atoms with Crippen LogP contribution in [0.5, 0.6) is 11.5 Å². The molecule has 0 aliphatic carbocycles. The van der Waals surface area contributed by atoms with Gasteiger partial charge in [0.25, 0.3) is 0 Å². The quantitative estimate of drug-likeness (QED) is 0.759. The van der Waals surface area contributed by atoms with Gasteiger partial charge in [-0.15, -0.1) is 0 Å². The molecule has 106 valence electrons. The highest BCUT2D eigenvalue weighted by Crippen LogP contribution is 2.34. The predicted molar refractivity (Wildman–Crippen MR) is 67.7 cm³/mol. The molecule has 8 heteroatoms. The van der Waals surface area contributed by atoms with Crippen LogP contribution in [-0.2, 0) is 10.0 Å². The molecule has 1 aliphatic rings. The smallest absolute Gasteiger partial charge is 0.231 e. The van der Waals surface area contributed by atoms with Crippen LogP contribution >= 0.6 is 0 Å². The molecule has 0 saturated carbocycles. The number of hydrogen-bond donors (Lipinski definition) is 2. The van der Waals surface area contributed by atoms with Crippen molar-refractivity contribution in [1.82, 2.24) is 9.79 Å². The Hall–Kier alpha value is -1.35. The average Bonchev–Trinajstić information content (AvgIpc) is 2.82. The number of hydrogen-bond acceptors (Lipinski definition) is 6. The van der Waals surface area contributed by atoms with Gasteiger partial charge in [0.1, 0.15) is 0 Å². The Kier molecular flexibility index (Phi) is 3.95. The molecule has 0 aromatic heterocycles. The second-order valence-corrected chi connectivity index (χ2v) is 6.58. The van der Waals surface area contributed by atoms with Crippen molar-refractivity contribution in [1.29, 1.82) is 0 Å². The highest BCUT2D eigenvalue weighted by molar-refractivity contribution is 7.89. The van der Waals surface area contributed by atoms with Gasteiger partial charge in [0.05, 0.1) is 11.8 Å². The molecule has 0 spiro atoms. The first-order chi connectivity index (χ1) is 8.94. The molecule has 2 N–H and O–H groups in total. The number of rotatable bonds is 5. The van der Waals surface area contributed by atoms with Crippen molar-refractivity contribution in [2.75, 3.05) is 26.6 Å². The Balaban J connectivity index is 2.23. The van der Waals surface area contributed by atoms with Crippen LogP contribution in [0.4, 0.5) is 0 Å². The van der Waals surface area contributed by atoms with Crippen molar-refractivity contribution in [3.05, 3.63) is 23.8 Å². The monoisotopic (exact) mass is 288 g/mol. The third-order valence-electron chi connectivity index (χ3n) is 2.89. The van der Waals surface area contributed by atoms with Crippen LogP contribution in [0.2, 0.25) is 0 Å². The second kappa shape index (κ2) is 5.33.